The maximum absolute atomic E-state index is 6.18. The summed E-state index contributed by atoms with van der Waals surface area (Å²) in [7, 11) is 0. The highest BCUT2D eigenvalue weighted by molar-refractivity contribution is 5.51. The van der Waals surface area contributed by atoms with Gasteiger partial charge in [0.2, 0.25) is 0 Å². The Hall–Kier alpha value is -2.40. The second-order valence-corrected chi connectivity index (χ2v) is 6.57. The summed E-state index contributed by atoms with van der Waals surface area (Å²) in [6.45, 7) is 4.75. The lowest BCUT2D eigenvalue weighted by Crippen LogP contribution is -2.40. The molecular formula is C20H24N4O. The molecule has 25 heavy (non-hydrogen) atoms. The average molecular weight is 336 g/mol. The Balaban J connectivity index is 1.50. The van der Waals surface area contributed by atoms with Gasteiger partial charge < -0.3 is 9.64 Å². The highest BCUT2D eigenvalue weighted by atomic mass is 16.5. The van der Waals surface area contributed by atoms with Gasteiger partial charge in [0, 0.05) is 30.9 Å². The van der Waals surface area contributed by atoms with E-state index in [2.05, 4.69) is 52.2 Å². The first-order valence-electron chi connectivity index (χ1n) is 9.07. The number of rotatable bonds is 5. The second kappa shape index (κ2) is 7.23. The average Bonchev–Trinajstić information content (AvgIpc) is 3.15. The van der Waals surface area contributed by atoms with Crippen molar-refractivity contribution in [3.63, 3.8) is 0 Å². The molecule has 5 nitrogen and oxygen atoms in total. The molecule has 0 N–H and O–H groups in total. The Labute approximate surface area is 148 Å². The van der Waals surface area contributed by atoms with Gasteiger partial charge in [-0.3, -0.25) is 0 Å². The van der Waals surface area contributed by atoms with Crippen LogP contribution in [0, 0.1) is 0 Å². The maximum atomic E-state index is 6.18. The molecule has 0 spiro atoms. The lowest BCUT2D eigenvalue weighted by atomic mass is 10.1. The van der Waals surface area contributed by atoms with Crippen molar-refractivity contribution in [2.24, 2.45) is 0 Å². The minimum absolute atomic E-state index is 0.248. The van der Waals surface area contributed by atoms with E-state index < -0.39 is 0 Å². The van der Waals surface area contributed by atoms with Crippen molar-refractivity contribution in [1.29, 1.82) is 0 Å². The highest BCUT2D eigenvalue weighted by Gasteiger charge is 2.23. The standard InChI is InChI=1S/C20H24N4O/c1-2-17-13-20(24-19(22-17)10-11-21-24)23-12-6-9-18(14-23)25-15-16-7-4-3-5-8-16/h3-5,7-8,10-11,13,18H,2,6,9,12,14-15H2,1H3. The normalized spacial score (nSPS) is 18.0. The summed E-state index contributed by atoms with van der Waals surface area (Å²) in [5.41, 5.74) is 3.25. The number of aryl methyl sites for hydroxylation is 1. The van der Waals surface area contributed by atoms with E-state index in [-0.39, 0.29) is 6.10 Å². The van der Waals surface area contributed by atoms with Gasteiger partial charge in [0.05, 0.1) is 18.9 Å². The first kappa shape index (κ1) is 16.1. The molecule has 0 amide bonds. The largest absolute Gasteiger partial charge is 0.372 e. The quantitative estimate of drug-likeness (QED) is 0.715. The van der Waals surface area contributed by atoms with Crippen molar-refractivity contribution < 1.29 is 4.74 Å². The molecule has 2 aromatic heterocycles. The van der Waals surface area contributed by atoms with Crippen LogP contribution in [0.5, 0.6) is 0 Å². The Morgan fingerprint density at radius 1 is 1.20 bits per heavy atom. The number of fused-ring (bicyclic) bond motifs is 1. The fourth-order valence-electron chi connectivity index (χ4n) is 3.42. The molecule has 1 aromatic carbocycles. The van der Waals surface area contributed by atoms with Crippen molar-refractivity contribution in [2.75, 3.05) is 18.0 Å². The van der Waals surface area contributed by atoms with E-state index in [1.165, 1.54) is 5.56 Å². The summed E-state index contributed by atoms with van der Waals surface area (Å²) in [5.74, 6) is 1.12. The molecule has 1 atom stereocenters. The number of anilines is 1. The fourth-order valence-corrected chi connectivity index (χ4v) is 3.42. The number of piperidine rings is 1. The molecule has 1 saturated heterocycles. The predicted molar refractivity (Wildman–Crippen MR) is 98.8 cm³/mol. The maximum Gasteiger partial charge on any atom is 0.157 e. The molecule has 0 radical (unpaired) electrons. The van der Waals surface area contributed by atoms with Crippen LogP contribution < -0.4 is 4.90 Å². The van der Waals surface area contributed by atoms with E-state index in [0.717, 1.165) is 49.5 Å². The summed E-state index contributed by atoms with van der Waals surface area (Å²) >= 11 is 0. The smallest absolute Gasteiger partial charge is 0.157 e. The summed E-state index contributed by atoms with van der Waals surface area (Å²) < 4.78 is 8.13. The van der Waals surface area contributed by atoms with Crippen molar-refractivity contribution in [2.45, 2.75) is 38.9 Å². The Bertz CT molecular complexity index is 830. The van der Waals surface area contributed by atoms with Crippen LogP contribution in [0.1, 0.15) is 31.0 Å². The van der Waals surface area contributed by atoms with E-state index in [1.54, 1.807) is 0 Å². The van der Waals surface area contributed by atoms with E-state index in [9.17, 15) is 0 Å². The minimum atomic E-state index is 0.248. The number of ether oxygens (including phenoxy) is 1. The number of nitrogens with zero attached hydrogens (tertiary/aromatic N) is 4. The molecule has 1 aliphatic heterocycles. The molecule has 0 bridgehead atoms. The van der Waals surface area contributed by atoms with Crippen LogP contribution in [0.3, 0.4) is 0 Å². The van der Waals surface area contributed by atoms with Gasteiger partial charge in [0.25, 0.3) is 0 Å². The first-order valence-corrected chi connectivity index (χ1v) is 9.07. The van der Waals surface area contributed by atoms with Crippen molar-refractivity contribution in [1.82, 2.24) is 14.6 Å². The fraction of sp³-hybridized carbons (Fsp3) is 0.400. The summed E-state index contributed by atoms with van der Waals surface area (Å²) in [5, 5.41) is 4.46. The molecule has 5 heteroatoms. The van der Waals surface area contributed by atoms with Gasteiger partial charge in [-0.25, -0.2) is 4.98 Å². The lowest BCUT2D eigenvalue weighted by molar-refractivity contribution is 0.0313. The van der Waals surface area contributed by atoms with Gasteiger partial charge in [-0.1, -0.05) is 37.3 Å². The van der Waals surface area contributed by atoms with Gasteiger partial charge in [-0.15, -0.1) is 0 Å². The molecule has 3 aromatic rings. The minimum Gasteiger partial charge on any atom is -0.372 e. The third-order valence-electron chi connectivity index (χ3n) is 4.79. The highest BCUT2D eigenvalue weighted by Crippen LogP contribution is 2.23. The van der Waals surface area contributed by atoms with Gasteiger partial charge in [0.1, 0.15) is 5.82 Å². The first-order chi connectivity index (χ1) is 12.3. The summed E-state index contributed by atoms with van der Waals surface area (Å²) in [6.07, 6.45) is 5.23. The zero-order valence-electron chi connectivity index (χ0n) is 14.6. The van der Waals surface area contributed by atoms with Crippen LogP contribution in [0.4, 0.5) is 5.82 Å². The Morgan fingerprint density at radius 3 is 2.92 bits per heavy atom. The molecule has 1 unspecified atom stereocenters. The van der Waals surface area contributed by atoms with E-state index >= 15 is 0 Å². The molecule has 4 rings (SSSR count). The number of benzene rings is 1. The molecule has 1 aliphatic rings. The van der Waals surface area contributed by atoms with Crippen LogP contribution >= 0.6 is 0 Å². The third-order valence-corrected chi connectivity index (χ3v) is 4.79. The van der Waals surface area contributed by atoms with Crippen LogP contribution in [0.15, 0.2) is 48.7 Å². The lowest BCUT2D eigenvalue weighted by Gasteiger charge is -2.34. The van der Waals surface area contributed by atoms with Crippen LogP contribution in [0.2, 0.25) is 0 Å². The van der Waals surface area contributed by atoms with Gasteiger partial charge >= 0.3 is 0 Å². The SMILES string of the molecule is CCc1cc(N2CCCC(OCc3ccccc3)C2)n2nccc2n1. The number of aromatic nitrogens is 3. The molecule has 0 saturated carbocycles. The molecule has 130 valence electrons. The predicted octanol–water partition coefficient (Wildman–Crippen LogP) is 3.48. The zero-order chi connectivity index (χ0) is 17.1. The topological polar surface area (TPSA) is 42.7 Å². The number of hydrogen-bond acceptors (Lipinski definition) is 4. The summed E-state index contributed by atoms with van der Waals surface area (Å²) in [4.78, 5) is 7.04. The summed E-state index contributed by atoms with van der Waals surface area (Å²) in [6, 6.07) is 14.5. The number of hydrogen-bond donors (Lipinski definition) is 0. The molecule has 0 aliphatic carbocycles. The van der Waals surface area contributed by atoms with Gasteiger partial charge in [-0.05, 0) is 24.8 Å². The monoisotopic (exact) mass is 336 g/mol. The van der Waals surface area contributed by atoms with Crippen molar-refractivity contribution in [3.8, 4) is 0 Å². The third kappa shape index (κ3) is 3.51. The Morgan fingerprint density at radius 2 is 2.08 bits per heavy atom. The molecule has 1 fully saturated rings. The Kier molecular flexibility index (Phi) is 4.65. The van der Waals surface area contributed by atoms with E-state index in [4.69, 9.17) is 4.74 Å². The van der Waals surface area contributed by atoms with Gasteiger partial charge in [-0.2, -0.15) is 9.61 Å². The van der Waals surface area contributed by atoms with Crippen LogP contribution in [-0.4, -0.2) is 33.8 Å². The zero-order valence-corrected chi connectivity index (χ0v) is 14.6. The van der Waals surface area contributed by atoms with Crippen molar-refractivity contribution >= 4 is 11.5 Å². The van der Waals surface area contributed by atoms with Crippen LogP contribution in [0.25, 0.3) is 5.65 Å². The van der Waals surface area contributed by atoms with E-state index in [1.807, 2.05) is 22.8 Å². The molecular weight excluding hydrogens is 312 g/mol. The van der Waals surface area contributed by atoms with Crippen molar-refractivity contribution in [3.05, 3.63) is 59.9 Å². The molecule has 3 heterocycles. The van der Waals surface area contributed by atoms with Crippen LogP contribution in [-0.2, 0) is 17.8 Å². The van der Waals surface area contributed by atoms with Gasteiger partial charge in [0.15, 0.2) is 5.65 Å². The van der Waals surface area contributed by atoms with E-state index in [0.29, 0.717) is 6.61 Å². The second-order valence-electron chi connectivity index (χ2n) is 6.57.